The van der Waals surface area contributed by atoms with Crippen LogP contribution in [0.15, 0.2) is 85.2 Å². The van der Waals surface area contributed by atoms with E-state index in [-0.39, 0.29) is 5.91 Å². The first kappa shape index (κ1) is 20.6. The van der Waals surface area contributed by atoms with Gasteiger partial charge in [0.05, 0.1) is 16.9 Å². The molecular formula is C26H22N4O3. The first-order chi connectivity index (χ1) is 15.9. The molecule has 4 aromatic rings. The van der Waals surface area contributed by atoms with Crippen LogP contribution in [-0.2, 0) is 4.74 Å². The second kappa shape index (κ2) is 8.02. The van der Waals surface area contributed by atoms with E-state index in [4.69, 9.17) is 4.74 Å². The fourth-order valence-electron chi connectivity index (χ4n) is 4.20. The summed E-state index contributed by atoms with van der Waals surface area (Å²) >= 11 is 0. The largest absolute Gasteiger partial charge is 0.440 e. The maximum atomic E-state index is 12.9. The lowest BCUT2D eigenvalue weighted by atomic mass is 9.94. The van der Waals surface area contributed by atoms with Gasteiger partial charge in [-0.15, -0.1) is 0 Å². The Labute approximate surface area is 191 Å². The molecule has 1 unspecified atom stereocenters. The van der Waals surface area contributed by atoms with Gasteiger partial charge in [-0.3, -0.25) is 19.7 Å². The average Bonchev–Trinajstić information content (AvgIpc) is 3.08. The monoisotopic (exact) mass is 438 g/mol. The van der Waals surface area contributed by atoms with Crippen molar-refractivity contribution in [3.63, 3.8) is 0 Å². The molecule has 1 fully saturated rings. The van der Waals surface area contributed by atoms with Gasteiger partial charge in [-0.2, -0.15) is 0 Å². The summed E-state index contributed by atoms with van der Waals surface area (Å²) in [6.07, 6.45) is 2.94. The number of hydrogen-bond donors (Lipinski definition) is 1. The van der Waals surface area contributed by atoms with Crippen LogP contribution in [0.3, 0.4) is 0 Å². The maximum Gasteiger partial charge on any atom is 0.415 e. The van der Waals surface area contributed by atoms with Gasteiger partial charge in [0.15, 0.2) is 0 Å². The molecule has 33 heavy (non-hydrogen) atoms. The first-order valence-corrected chi connectivity index (χ1v) is 10.6. The molecule has 1 N–H and O–H groups in total. The van der Waals surface area contributed by atoms with Crippen molar-refractivity contribution in [2.24, 2.45) is 0 Å². The van der Waals surface area contributed by atoms with Crippen LogP contribution in [0.25, 0.3) is 10.9 Å². The van der Waals surface area contributed by atoms with Crippen LogP contribution < -0.4 is 10.2 Å². The number of para-hydroxylation sites is 1. The number of pyridine rings is 2. The third-order valence-electron chi connectivity index (χ3n) is 5.72. The Bertz CT molecular complexity index is 1330. The van der Waals surface area contributed by atoms with Gasteiger partial charge >= 0.3 is 6.09 Å². The molecule has 7 heteroatoms. The van der Waals surface area contributed by atoms with Gasteiger partial charge in [-0.25, -0.2) is 4.79 Å². The molecule has 0 radical (unpaired) electrons. The molecule has 0 bridgehead atoms. The molecule has 1 aliphatic rings. The number of anilines is 2. The summed E-state index contributed by atoms with van der Waals surface area (Å²) in [5.74, 6) is -0.259. The third-order valence-corrected chi connectivity index (χ3v) is 5.72. The zero-order chi connectivity index (χ0) is 23.0. The molecule has 0 spiro atoms. The Morgan fingerprint density at radius 3 is 2.45 bits per heavy atom. The molecule has 0 saturated carbocycles. The molecule has 2 aromatic heterocycles. The number of carbonyl (C=O) groups excluding carboxylic acids is 2. The Morgan fingerprint density at radius 2 is 1.70 bits per heavy atom. The van der Waals surface area contributed by atoms with Crippen molar-refractivity contribution >= 4 is 34.3 Å². The Hall–Kier alpha value is -4.26. The number of hydrogen-bond acceptors (Lipinski definition) is 5. The molecule has 7 nitrogen and oxygen atoms in total. The Balaban J connectivity index is 1.42. The summed E-state index contributed by atoms with van der Waals surface area (Å²) in [6, 6.07) is 21.5. The van der Waals surface area contributed by atoms with Gasteiger partial charge in [0.25, 0.3) is 5.91 Å². The highest BCUT2D eigenvalue weighted by molar-refractivity contribution is 6.08. The van der Waals surface area contributed by atoms with Crippen molar-refractivity contribution in [2.75, 3.05) is 10.2 Å². The van der Waals surface area contributed by atoms with Gasteiger partial charge in [0.2, 0.25) is 0 Å². The van der Waals surface area contributed by atoms with E-state index in [1.165, 1.54) is 0 Å². The lowest BCUT2D eigenvalue weighted by Gasteiger charge is -2.28. The van der Waals surface area contributed by atoms with E-state index in [2.05, 4.69) is 15.3 Å². The molecule has 2 amide bonds. The van der Waals surface area contributed by atoms with Crippen molar-refractivity contribution in [3.8, 4) is 0 Å². The fraction of sp³-hybridized carbons (Fsp3) is 0.154. The molecule has 2 aromatic carbocycles. The minimum atomic E-state index is -0.761. The van der Waals surface area contributed by atoms with Gasteiger partial charge < -0.3 is 10.1 Å². The number of nitrogens with one attached hydrogen (secondary N) is 1. The molecule has 3 heterocycles. The molecule has 1 saturated heterocycles. The third kappa shape index (κ3) is 3.78. The second-order valence-corrected chi connectivity index (χ2v) is 8.38. The van der Waals surface area contributed by atoms with E-state index < -0.39 is 17.7 Å². The van der Waals surface area contributed by atoms with E-state index in [9.17, 15) is 9.59 Å². The normalized spacial score (nSPS) is 17.1. The van der Waals surface area contributed by atoms with Crippen molar-refractivity contribution in [3.05, 3.63) is 96.4 Å². The summed E-state index contributed by atoms with van der Waals surface area (Å²) in [4.78, 5) is 36.0. The van der Waals surface area contributed by atoms with Crippen LogP contribution >= 0.6 is 0 Å². The van der Waals surface area contributed by atoms with E-state index in [1.54, 1.807) is 41.6 Å². The van der Waals surface area contributed by atoms with Crippen LogP contribution in [0.2, 0.25) is 0 Å². The highest BCUT2D eigenvalue weighted by Gasteiger charge is 2.50. The zero-order valence-electron chi connectivity index (χ0n) is 18.2. The number of carbonyl (C=O) groups is 2. The summed E-state index contributed by atoms with van der Waals surface area (Å²) in [5, 5.41) is 3.88. The van der Waals surface area contributed by atoms with E-state index in [0.29, 0.717) is 16.9 Å². The number of rotatable bonds is 4. The van der Waals surface area contributed by atoms with Crippen molar-refractivity contribution < 1.29 is 14.3 Å². The molecular weight excluding hydrogens is 416 g/mol. The smallest absolute Gasteiger partial charge is 0.415 e. The van der Waals surface area contributed by atoms with Crippen LogP contribution in [0.1, 0.15) is 35.9 Å². The predicted octanol–water partition coefficient (Wildman–Crippen LogP) is 5.36. The van der Waals surface area contributed by atoms with E-state index in [1.807, 2.05) is 62.4 Å². The van der Waals surface area contributed by atoms with Crippen LogP contribution in [-0.4, -0.2) is 27.6 Å². The SMILES string of the molecule is CC1(C)OC(=O)N(c2ccc(C(=O)Nc3cccc4cccnc34)cc2)C1c1ccccn1. The second-order valence-electron chi connectivity index (χ2n) is 8.38. The highest BCUT2D eigenvalue weighted by atomic mass is 16.6. The number of ether oxygens (including phenoxy) is 1. The van der Waals surface area contributed by atoms with Gasteiger partial charge in [-0.05, 0) is 62.4 Å². The van der Waals surface area contributed by atoms with Crippen molar-refractivity contribution in [2.45, 2.75) is 25.5 Å². The summed E-state index contributed by atoms with van der Waals surface area (Å²) < 4.78 is 5.64. The fourth-order valence-corrected chi connectivity index (χ4v) is 4.20. The number of cyclic esters (lactones) is 1. The minimum absolute atomic E-state index is 0.259. The lowest BCUT2D eigenvalue weighted by Crippen LogP contribution is -2.34. The number of nitrogens with zero attached hydrogens (tertiary/aromatic N) is 3. The van der Waals surface area contributed by atoms with Gasteiger partial charge in [0.1, 0.15) is 11.6 Å². The number of aromatic nitrogens is 2. The predicted molar refractivity (Wildman–Crippen MR) is 126 cm³/mol. The Morgan fingerprint density at radius 1 is 0.939 bits per heavy atom. The quantitative estimate of drug-likeness (QED) is 0.464. The molecule has 1 atom stereocenters. The molecule has 164 valence electrons. The zero-order valence-corrected chi connectivity index (χ0v) is 18.2. The van der Waals surface area contributed by atoms with Crippen molar-refractivity contribution in [1.29, 1.82) is 0 Å². The van der Waals surface area contributed by atoms with Crippen molar-refractivity contribution in [1.82, 2.24) is 9.97 Å². The maximum absolute atomic E-state index is 12.9. The van der Waals surface area contributed by atoms with E-state index >= 15 is 0 Å². The van der Waals surface area contributed by atoms with Gasteiger partial charge in [-0.1, -0.05) is 24.3 Å². The summed E-state index contributed by atoms with van der Waals surface area (Å²) in [7, 11) is 0. The average molecular weight is 438 g/mol. The van der Waals surface area contributed by atoms with Crippen LogP contribution in [0, 0.1) is 0 Å². The summed E-state index contributed by atoms with van der Waals surface area (Å²) in [6.45, 7) is 3.73. The molecule has 0 aliphatic carbocycles. The molecule has 5 rings (SSSR count). The number of fused-ring (bicyclic) bond motifs is 1. The Kier molecular flexibility index (Phi) is 5.01. The number of amides is 2. The minimum Gasteiger partial charge on any atom is -0.440 e. The van der Waals surface area contributed by atoms with Crippen LogP contribution in [0.4, 0.5) is 16.2 Å². The topological polar surface area (TPSA) is 84.4 Å². The highest BCUT2D eigenvalue weighted by Crippen LogP contribution is 2.43. The molecule has 1 aliphatic heterocycles. The van der Waals surface area contributed by atoms with Gasteiger partial charge in [0, 0.05) is 29.0 Å². The van der Waals surface area contributed by atoms with E-state index in [0.717, 1.165) is 16.6 Å². The standard InChI is InChI=1S/C26H22N4O3/c1-26(2)23(21-9-3-4-15-27-21)30(25(32)33-26)19-13-11-18(12-14-19)24(31)29-20-10-5-7-17-8-6-16-28-22(17)20/h3-16,23H,1-2H3,(H,29,31). The number of benzene rings is 2. The lowest BCUT2D eigenvalue weighted by molar-refractivity contribution is 0.0677. The summed E-state index contributed by atoms with van der Waals surface area (Å²) in [5.41, 5.74) is 2.44. The first-order valence-electron chi connectivity index (χ1n) is 10.6. The van der Waals surface area contributed by atoms with Crippen LogP contribution in [0.5, 0.6) is 0 Å².